The second-order valence-electron chi connectivity index (χ2n) is 3.42. The Bertz CT molecular complexity index is 385. The van der Waals surface area contributed by atoms with Crippen molar-refractivity contribution in [2.45, 2.75) is 12.8 Å². The second-order valence-corrected chi connectivity index (χ2v) is 3.42. The van der Waals surface area contributed by atoms with E-state index in [2.05, 4.69) is 0 Å². The summed E-state index contributed by atoms with van der Waals surface area (Å²) in [6.07, 6.45) is 1.27. The lowest BCUT2D eigenvalue weighted by atomic mass is 10.2. The number of nitrogens with two attached hydrogens (primary N) is 2. The predicted octanol–water partition coefficient (Wildman–Crippen LogP) is 2.23. The molecule has 9 heteroatoms. The zero-order valence-corrected chi connectivity index (χ0v) is 12.9. The van der Waals surface area contributed by atoms with Gasteiger partial charge in [-0.15, -0.1) is 24.8 Å². The van der Waals surface area contributed by atoms with Crippen LogP contribution in [-0.2, 0) is 0 Å². The summed E-state index contributed by atoms with van der Waals surface area (Å²) in [6.45, 7) is 0.527. The Hall–Kier alpha value is -1.54. The third kappa shape index (κ3) is 10.4. The summed E-state index contributed by atoms with van der Waals surface area (Å²) < 4.78 is 5.43. The SMILES string of the molecule is Cl.Cl.N.N.N=C(N)CCCOc1ccc(C(=N)N)cc1. The molecule has 0 saturated carbocycles. The topological polar surface area (TPSA) is 179 Å². The van der Waals surface area contributed by atoms with Gasteiger partial charge in [-0.05, 0) is 30.7 Å². The molecule has 0 heterocycles. The van der Waals surface area contributed by atoms with E-state index in [0.29, 0.717) is 18.6 Å². The minimum absolute atomic E-state index is 0. The summed E-state index contributed by atoms with van der Waals surface area (Å²) in [4.78, 5) is 0. The van der Waals surface area contributed by atoms with Crippen LogP contribution >= 0.6 is 24.8 Å². The summed E-state index contributed by atoms with van der Waals surface area (Å²) >= 11 is 0. The molecule has 0 bridgehead atoms. The first-order chi connectivity index (χ1) is 7.59. The van der Waals surface area contributed by atoms with Gasteiger partial charge in [0.1, 0.15) is 11.6 Å². The van der Waals surface area contributed by atoms with E-state index in [-0.39, 0.29) is 48.8 Å². The molecule has 0 aliphatic carbocycles. The molecule has 0 spiro atoms. The Balaban J connectivity index is -0.000000320. The van der Waals surface area contributed by atoms with E-state index >= 15 is 0 Å². The summed E-state index contributed by atoms with van der Waals surface area (Å²) in [6, 6.07) is 7.01. The van der Waals surface area contributed by atoms with Crippen molar-refractivity contribution in [3.05, 3.63) is 29.8 Å². The van der Waals surface area contributed by atoms with Crippen LogP contribution < -0.4 is 28.5 Å². The van der Waals surface area contributed by atoms with Gasteiger partial charge in [-0.25, -0.2) is 0 Å². The monoisotopic (exact) mass is 326 g/mol. The molecule has 118 valence electrons. The van der Waals surface area contributed by atoms with Gasteiger partial charge in [0, 0.05) is 12.0 Å². The lowest BCUT2D eigenvalue weighted by Gasteiger charge is -2.06. The van der Waals surface area contributed by atoms with Crippen LogP contribution in [0.1, 0.15) is 18.4 Å². The summed E-state index contributed by atoms with van der Waals surface area (Å²) in [5, 5.41) is 14.3. The molecule has 0 aliphatic rings. The number of ether oxygens (including phenoxy) is 1. The minimum atomic E-state index is 0. The van der Waals surface area contributed by atoms with Crippen molar-refractivity contribution in [2.24, 2.45) is 11.5 Å². The molecule has 0 atom stereocenters. The largest absolute Gasteiger partial charge is 0.494 e. The maximum Gasteiger partial charge on any atom is 0.122 e. The van der Waals surface area contributed by atoms with Crippen LogP contribution in [0.3, 0.4) is 0 Å². The van der Waals surface area contributed by atoms with Crippen molar-refractivity contribution >= 4 is 36.5 Å². The Morgan fingerprint density at radius 1 is 1.00 bits per heavy atom. The number of halogens is 2. The fourth-order valence-electron chi connectivity index (χ4n) is 1.18. The summed E-state index contributed by atoms with van der Waals surface area (Å²) in [5.41, 5.74) is 11.2. The maximum atomic E-state index is 7.22. The smallest absolute Gasteiger partial charge is 0.122 e. The number of hydrogen-bond acceptors (Lipinski definition) is 5. The highest BCUT2D eigenvalue weighted by atomic mass is 35.5. The quantitative estimate of drug-likeness (QED) is 0.266. The molecule has 0 amide bonds. The van der Waals surface area contributed by atoms with Crippen molar-refractivity contribution in [2.75, 3.05) is 6.61 Å². The van der Waals surface area contributed by atoms with E-state index < -0.39 is 0 Å². The van der Waals surface area contributed by atoms with Gasteiger partial charge in [-0.2, -0.15) is 0 Å². The van der Waals surface area contributed by atoms with Crippen LogP contribution in [0.15, 0.2) is 24.3 Å². The van der Waals surface area contributed by atoms with Crippen LogP contribution in [0.5, 0.6) is 5.75 Å². The van der Waals surface area contributed by atoms with Crippen molar-refractivity contribution < 1.29 is 4.74 Å². The standard InChI is InChI=1S/C11H16N4O.2ClH.2H3N/c12-10(13)2-1-7-16-9-5-3-8(4-6-9)11(14)15;;;;/h3-6H,1-2,7H2,(H3,12,13)(H3,14,15);2*1H;2*1H3. The highest BCUT2D eigenvalue weighted by Gasteiger charge is 1.98. The van der Waals surface area contributed by atoms with Crippen LogP contribution in [0, 0.1) is 10.8 Å². The van der Waals surface area contributed by atoms with Gasteiger partial charge in [-0.1, -0.05) is 0 Å². The molecule has 20 heavy (non-hydrogen) atoms. The van der Waals surface area contributed by atoms with E-state index in [1.807, 2.05) is 0 Å². The highest BCUT2D eigenvalue weighted by Crippen LogP contribution is 2.12. The summed E-state index contributed by atoms with van der Waals surface area (Å²) in [7, 11) is 0. The normalized spacial score (nSPS) is 7.80. The van der Waals surface area contributed by atoms with Crippen LogP contribution in [0.25, 0.3) is 0 Å². The lowest BCUT2D eigenvalue weighted by Crippen LogP contribution is -2.11. The molecule has 0 unspecified atom stereocenters. The number of amidine groups is 2. The molecule has 0 aliphatic heterocycles. The zero-order valence-electron chi connectivity index (χ0n) is 11.2. The molecule has 0 radical (unpaired) electrons. The van der Waals surface area contributed by atoms with Crippen LogP contribution in [0.2, 0.25) is 0 Å². The van der Waals surface area contributed by atoms with Gasteiger partial charge in [0.05, 0.1) is 12.4 Å². The van der Waals surface area contributed by atoms with Crippen LogP contribution in [-0.4, -0.2) is 18.3 Å². The first-order valence-corrected chi connectivity index (χ1v) is 5.00. The molecular weight excluding hydrogens is 303 g/mol. The highest BCUT2D eigenvalue weighted by molar-refractivity contribution is 5.94. The Morgan fingerprint density at radius 2 is 1.50 bits per heavy atom. The molecule has 0 fully saturated rings. The lowest BCUT2D eigenvalue weighted by molar-refractivity contribution is 0.313. The fraction of sp³-hybridized carbons (Fsp3) is 0.273. The van der Waals surface area contributed by atoms with E-state index in [9.17, 15) is 0 Å². The van der Waals surface area contributed by atoms with Crippen molar-refractivity contribution in [1.82, 2.24) is 12.3 Å². The molecule has 0 aromatic heterocycles. The van der Waals surface area contributed by atoms with Crippen LogP contribution in [0.4, 0.5) is 0 Å². The van der Waals surface area contributed by atoms with E-state index in [4.69, 9.17) is 27.0 Å². The number of nitrogen functional groups attached to an aromatic ring is 1. The van der Waals surface area contributed by atoms with Gasteiger partial charge in [0.15, 0.2) is 0 Å². The molecule has 0 saturated heterocycles. The van der Waals surface area contributed by atoms with Crippen molar-refractivity contribution in [3.63, 3.8) is 0 Å². The maximum absolute atomic E-state index is 7.22. The molecule has 12 N–H and O–H groups in total. The molecule has 1 rings (SSSR count). The Morgan fingerprint density at radius 3 is 1.90 bits per heavy atom. The average Bonchev–Trinajstić information content (AvgIpc) is 2.25. The molecule has 1 aromatic carbocycles. The van der Waals surface area contributed by atoms with E-state index in [1.54, 1.807) is 24.3 Å². The van der Waals surface area contributed by atoms with Crippen molar-refractivity contribution in [3.8, 4) is 5.75 Å². The minimum Gasteiger partial charge on any atom is -0.494 e. The zero-order chi connectivity index (χ0) is 12.0. The van der Waals surface area contributed by atoms with Crippen molar-refractivity contribution in [1.29, 1.82) is 10.8 Å². The fourth-order valence-corrected chi connectivity index (χ4v) is 1.18. The molecule has 7 nitrogen and oxygen atoms in total. The first-order valence-electron chi connectivity index (χ1n) is 5.00. The number of rotatable bonds is 6. The third-order valence-corrected chi connectivity index (χ3v) is 2.02. The number of benzene rings is 1. The summed E-state index contributed by atoms with van der Waals surface area (Å²) in [5.74, 6) is 0.951. The van der Waals surface area contributed by atoms with Gasteiger partial charge in [-0.3, -0.25) is 10.8 Å². The number of hydrogen-bond donors (Lipinski definition) is 6. The second kappa shape index (κ2) is 13.9. The van der Waals surface area contributed by atoms with E-state index in [0.717, 1.165) is 12.2 Å². The van der Waals surface area contributed by atoms with E-state index in [1.165, 1.54) is 0 Å². The van der Waals surface area contributed by atoms with Gasteiger partial charge in [0.25, 0.3) is 0 Å². The average molecular weight is 327 g/mol. The van der Waals surface area contributed by atoms with Gasteiger partial charge in [0.2, 0.25) is 0 Å². The van der Waals surface area contributed by atoms with Gasteiger partial charge >= 0.3 is 0 Å². The Kier molecular flexibility index (Phi) is 18.7. The molecular formula is C11H24Cl2N6O. The number of nitrogens with one attached hydrogen (secondary N) is 2. The Labute approximate surface area is 131 Å². The van der Waals surface area contributed by atoms with Gasteiger partial charge < -0.3 is 28.5 Å². The molecule has 1 aromatic rings. The third-order valence-electron chi connectivity index (χ3n) is 2.02. The predicted molar refractivity (Wildman–Crippen MR) is 88.6 cm³/mol. The first kappa shape index (κ1) is 26.9.